The second kappa shape index (κ2) is 4.26. The van der Waals surface area contributed by atoms with Crippen molar-refractivity contribution < 1.29 is 13.2 Å². The molecular formula is C15H15F3N2O. The molecule has 0 unspecified atom stereocenters. The van der Waals surface area contributed by atoms with Gasteiger partial charge in [-0.15, -0.1) is 0 Å². The van der Waals surface area contributed by atoms with Gasteiger partial charge in [0.2, 0.25) is 0 Å². The Morgan fingerprint density at radius 1 is 1.24 bits per heavy atom. The molecule has 1 aliphatic rings. The number of aromatic amines is 1. The molecule has 0 bridgehead atoms. The number of H-pyrrole nitrogens is 1. The second-order valence-corrected chi connectivity index (χ2v) is 5.83. The molecule has 0 saturated heterocycles. The molecule has 1 saturated carbocycles. The van der Waals surface area contributed by atoms with Crippen molar-refractivity contribution in [1.29, 1.82) is 0 Å². The van der Waals surface area contributed by atoms with Crippen molar-refractivity contribution in [3.8, 4) is 5.69 Å². The molecule has 1 fully saturated rings. The van der Waals surface area contributed by atoms with Gasteiger partial charge in [0.05, 0.1) is 11.3 Å². The van der Waals surface area contributed by atoms with Gasteiger partial charge in [0.1, 0.15) is 0 Å². The lowest BCUT2D eigenvalue weighted by atomic mass is 10.0. The molecule has 112 valence electrons. The minimum atomic E-state index is -4.50. The summed E-state index contributed by atoms with van der Waals surface area (Å²) in [5.74, 6) is 0. The zero-order valence-electron chi connectivity index (χ0n) is 11.7. The zero-order valence-corrected chi connectivity index (χ0v) is 11.7. The molecular weight excluding hydrogens is 281 g/mol. The quantitative estimate of drug-likeness (QED) is 0.904. The predicted octanol–water partition coefficient (Wildman–Crippen LogP) is 3.54. The van der Waals surface area contributed by atoms with E-state index < -0.39 is 17.3 Å². The van der Waals surface area contributed by atoms with Crippen LogP contribution in [0.25, 0.3) is 5.69 Å². The van der Waals surface area contributed by atoms with Crippen LogP contribution >= 0.6 is 0 Å². The van der Waals surface area contributed by atoms with Crippen LogP contribution in [0.15, 0.2) is 29.1 Å². The molecule has 0 aliphatic heterocycles. The van der Waals surface area contributed by atoms with Gasteiger partial charge >= 0.3 is 6.18 Å². The number of hydrogen-bond donors (Lipinski definition) is 1. The van der Waals surface area contributed by atoms with Gasteiger partial charge in [-0.1, -0.05) is 19.1 Å². The molecule has 1 N–H and O–H groups in total. The van der Waals surface area contributed by atoms with Gasteiger partial charge in [0.25, 0.3) is 5.56 Å². The minimum absolute atomic E-state index is 0.109. The molecule has 0 radical (unpaired) electrons. The summed E-state index contributed by atoms with van der Waals surface area (Å²) in [5, 5.41) is 2.89. The highest BCUT2D eigenvalue weighted by Gasteiger charge is 2.43. The standard InChI is InChI=1S/C15H15F3N2O/c1-9-12(14(2)7-8-14)19-20(13(9)21)11-6-4-3-5-10(11)15(16,17)18/h3-6,19H,7-8H2,1-2H3. The van der Waals surface area contributed by atoms with Gasteiger partial charge in [-0.05, 0) is 31.9 Å². The van der Waals surface area contributed by atoms with Crippen LogP contribution in [0, 0.1) is 6.92 Å². The Hall–Kier alpha value is -1.98. The van der Waals surface area contributed by atoms with Crippen LogP contribution in [0.5, 0.6) is 0 Å². The fourth-order valence-electron chi connectivity index (χ4n) is 2.62. The third kappa shape index (κ3) is 2.18. The number of nitrogens with one attached hydrogen (secondary N) is 1. The number of halogens is 3. The molecule has 0 atom stereocenters. The Morgan fingerprint density at radius 2 is 1.86 bits per heavy atom. The molecule has 3 nitrogen and oxygen atoms in total. The van der Waals surface area contributed by atoms with Crippen molar-refractivity contribution in [3.05, 3.63) is 51.4 Å². The Labute approximate surface area is 119 Å². The van der Waals surface area contributed by atoms with E-state index in [2.05, 4.69) is 5.10 Å². The summed E-state index contributed by atoms with van der Waals surface area (Å²) in [5.41, 5.74) is -0.275. The average Bonchev–Trinajstić information content (AvgIpc) is 3.09. The van der Waals surface area contributed by atoms with Gasteiger partial charge in [0, 0.05) is 16.7 Å². The smallest absolute Gasteiger partial charge is 0.294 e. The van der Waals surface area contributed by atoms with E-state index in [1.807, 2.05) is 6.92 Å². The van der Waals surface area contributed by atoms with E-state index in [9.17, 15) is 18.0 Å². The lowest BCUT2D eigenvalue weighted by molar-refractivity contribution is -0.137. The molecule has 2 aromatic rings. The lowest BCUT2D eigenvalue weighted by Crippen LogP contribution is -2.20. The normalized spacial score (nSPS) is 17.0. The summed E-state index contributed by atoms with van der Waals surface area (Å²) in [6, 6.07) is 5.09. The van der Waals surface area contributed by atoms with Crippen LogP contribution in [-0.4, -0.2) is 9.78 Å². The Balaban J connectivity index is 2.21. The van der Waals surface area contributed by atoms with E-state index in [4.69, 9.17) is 0 Å². The Kier molecular flexibility index (Phi) is 2.83. The van der Waals surface area contributed by atoms with Gasteiger partial charge < -0.3 is 0 Å². The first-order valence-corrected chi connectivity index (χ1v) is 6.73. The fourth-order valence-corrected chi connectivity index (χ4v) is 2.62. The maximum absolute atomic E-state index is 13.1. The Bertz CT molecular complexity index is 751. The fraction of sp³-hybridized carbons (Fsp3) is 0.400. The van der Waals surface area contributed by atoms with Crippen molar-refractivity contribution in [2.24, 2.45) is 0 Å². The summed E-state index contributed by atoms with van der Waals surface area (Å²) in [7, 11) is 0. The van der Waals surface area contributed by atoms with Crippen LogP contribution in [-0.2, 0) is 11.6 Å². The van der Waals surface area contributed by atoms with E-state index >= 15 is 0 Å². The maximum Gasteiger partial charge on any atom is 0.418 e. The molecule has 0 spiro atoms. The van der Waals surface area contributed by atoms with Crippen LogP contribution in [0.4, 0.5) is 13.2 Å². The van der Waals surface area contributed by atoms with E-state index in [0.717, 1.165) is 29.3 Å². The number of hydrogen-bond acceptors (Lipinski definition) is 1. The highest BCUT2D eigenvalue weighted by atomic mass is 19.4. The summed E-state index contributed by atoms with van der Waals surface area (Å²) in [6.45, 7) is 3.66. The van der Waals surface area contributed by atoms with Crippen LogP contribution in [0.3, 0.4) is 0 Å². The summed E-state index contributed by atoms with van der Waals surface area (Å²) in [6.07, 6.45) is -2.62. The van der Waals surface area contributed by atoms with E-state index in [0.29, 0.717) is 5.56 Å². The third-order valence-electron chi connectivity index (χ3n) is 4.18. The number of benzene rings is 1. The first kappa shape index (κ1) is 14.0. The van der Waals surface area contributed by atoms with Gasteiger partial charge in [-0.3, -0.25) is 9.89 Å². The number of alkyl halides is 3. The molecule has 1 aliphatic carbocycles. The Morgan fingerprint density at radius 3 is 2.43 bits per heavy atom. The molecule has 6 heteroatoms. The topological polar surface area (TPSA) is 37.8 Å². The van der Waals surface area contributed by atoms with Crippen LogP contribution in [0.1, 0.15) is 36.6 Å². The van der Waals surface area contributed by atoms with Crippen molar-refractivity contribution in [2.75, 3.05) is 0 Å². The highest BCUT2D eigenvalue weighted by Crippen LogP contribution is 2.47. The van der Waals surface area contributed by atoms with E-state index in [-0.39, 0.29) is 11.1 Å². The largest absolute Gasteiger partial charge is 0.418 e. The highest BCUT2D eigenvalue weighted by molar-refractivity contribution is 5.44. The second-order valence-electron chi connectivity index (χ2n) is 5.83. The van der Waals surface area contributed by atoms with Crippen molar-refractivity contribution in [3.63, 3.8) is 0 Å². The third-order valence-corrected chi connectivity index (χ3v) is 4.18. The van der Waals surface area contributed by atoms with Crippen molar-refractivity contribution >= 4 is 0 Å². The van der Waals surface area contributed by atoms with Crippen molar-refractivity contribution in [1.82, 2.24) is 9.78 Å². The van der Waals surface area contributed by atoms with Crippen LogP contribution in [0.2, 0.25) is 0 Å². The molecule has 1 aromatic carbocycles. The first-order chi connectivity index (χ1) is 9.74. The summed E-state index contributed by atoms with van der Waals surface area (Å²) in [4.78, 5) is 12.3. The molecule has 0 amide bonds. The number of para-hydroxylation sites is 1. The maximum atomic E-state index is 13.1. The van der Waals surface area contributed by atoms with E-state index in [1.54, 1.807) is 6.92 Å². The molecule has 3 rings (SSSR count). The SMILES string of the molecule is Cc1c(C2(C)CC2)[nH]n(-c2ccccc2C(F)(F)F)c1=O. The van der Waals surface area contributed by atoms with Crippen molar-refractivity contribution in [2.45, 2.75) is 38.3 Å². The van der Waals surface area contributed by atoms with Crippen LogP contribution < -0.4 is 5.56 Å². The van der Waals surface area contributed by atoms with E-state index in [1.165, 1.54) is 18.2 Å². The molecule has 1 heterocycles. The average molecular weight is 296 g/mol. The summed E-state index contributed by atoms with van der Waals surface area (Å²) >= 11 is 0. The molecule has 1 aromatic heterocycles. The molecule has 21 heavy (non-hydrogen) atoms. The monoisotopic (exact) mass is 296 g/mol. The zero-order chi connectivity index (χ0) is 15.4. The minimum Gasteiger partial charge on any atom is -0.294 e. The number of nitrogens with zero attached hydrogens (tertiary/aromatic N) is 1. The van der Waals surface area contributed by atoms with Gasteiger partial charge in [-0.2, -0.15) is 13.2 Å². The predicted molar refractivity (Wildman–Crippen MR) is 72.7 cm³/mol. The lowest BCUT2D eigenvalue weighted by Gasteiger charge is -2.13. The number of rotatable bonds is 2. The van der Waals surface area contributed by atoms with Gasteiger partial charge in [-0.25, -0.2) is 4.68 Å². The first-order valence-electron chi connectivity index (χ1n) is 6.73. The number of aromatic nitrogens is 2. The van der Waals surface area contributed by atoms with Gasteiger partial charge in [0.15, 0.2) is 0 Å². The summed E-state index contributed by atoms with van der Waals surface area (Å²) < 4.78 is 40.3.